The Hall–Kier alpha value is -0.580. The maximum atomic E-state index is 11.6. The van der Waals surface area contributed by atoms with E-state index >= 15 is 0 Å². The van der Waals surface area contributed by atoms with Crippen LogP contribution in [0.2, 0.25) is 0 Å². The van der Waals surface area contributed by atoms with Crippen LogP contribution in [0, 0.1) is 0 Å². The SMILES string of the molecule is O=C(Cc1ccc(Br)cc1)NCCCOCCCl. The van der Waals surface area contributed by atoms with E-state index in [1.165, 1.54) is 0 Å². The predicted molar refractivity (Wildman–Crippen MR) is 77.0 cm³/mol. The van der Waals surface area contributed by atoms with Crippen LogP contribution in [0.15, 0.2) is 28.7 Å². The topological polar surface area (TPSA) is 38.3 Å². The first-order valence-electron chi connectivity index (χ1n) is 5.87. The second kappa shape index (κ2) is 9.36. The molecule has 0 radical (unpaired) electrons. The highest BCUT2D eigenvalue weighted by Gasteiger charge is 2.02. The minimum atomic E-state index is 0.0367. The maximum absolute atomic E-state index is 11.6. The Labute approximate surface area is 121 Å². The molecule has 5 heteroatoms. The molecule has 0 heterocycles. The second-order valence-corrected chi connectivity index (χ2v) is 5.10. The molecule has 1 N–H and O–H groups in total. The second-order valence-electron chi connectivity index (χ2n) is 3.81. The molecule has 0 aliphatic carbocycles. The lowest BCUT2D eigenvalue weighted by Crippen LogP contribution is -2.26. The van der Waals surface area contributed by atoms with Gasteiger partial charge >= 0.3 is 0 Å². The van der Waals surface area contributed by atoms with Gasteiger partial charge in [-0.1, -0.05) is 28.1 Å². The van der Waals surface area contributed by atoms with E-state index in [4.69, 9.17) is 16.3 Å². The summed E-state index contributed by atoms with van der Waals surface area (Å²) in [4.78, 5) is 11.6. The number of alkyl halides is 1. The first-order chi connectivity index (χ1) is 8.72. The van der Waals surface area contributed by atoms with Crippen LogP contribution in [0.25, 0.3) is 0 Å². The Balaban J connectivity index is 2.12. The molecule has 1 rings (SSSR count). The molecule has 0 aliphatic heterocycles. The third kappa shape index (κ3) is 6.99. The van der Waals surface area contributed by atoms with Crippen molar-refractivity contribution in [2.75, 3.05) is 25.6 Å². The van der Waals surface area contributed by atoms with Gasteiger partial charge in [0.25, 0.3) is 0 Å². The van der Waals surface area contributed by atoms with Crippen molar-refractivity contribution in [3.05, 3.63) is 34.3 Å². The highest BCUT2D eigenvalue weighted by Crippen LogP contribution is 2.10. The Morgan fingerprint density at radius 3 is 2.67 bits per heavy atom. The fraction of sp³-hybridized carbons (Fsp3) is 0.462. The van der Waals surface area contributed by atoms with Crippen LogP contribution < -0.4 is 5.32 Å². The zero-order valence-corrected chi connectivity index (χ0v) is 12.5. The molecular formula is C13H17BrClNO2. The summed E-state index contributed by atoms with van der Waals surface area (Å²) in [5.41, 5.74) is 1.01. The molecule has 1 amide bonds. The molecule has 1 aromatic rings. The van der Waals surface area contributed by atoms with Gasteiger partial charge in [0.15, 0.2) is 0 Å². The Bertz CT molecular complexity index is 357. The summed E-state index contributed by atoms with van der Waals surface area (Å²) >= 11 is 8.83. The molecule has 0 unspecified atom stereocenters. The van der Waals surface area contributed by atoms with E-state index in [0.717, 1.165) is 16.5 Å². The molecule has 0 saturated carbocycles. The van der Waals surface area contributed by atoms with Gasteiger partial charge in [-0.15, -0.1) is 11.6 Å². The van der Waals surface area contributed by atoms with Crippen molar-refractivity contribution in [1.82, 2.24) is 5.32 Å². The number of carbonyl (C=O) groups excluding carboxylic acids is 1. The van der Waals surface area contributed by atoms with Gasteiger partial charge in [-0.2, -0.15) is 0 Å². The van der Waals surface area contributed by atoms with E-state index in [2.05, 4.69) is 21.2 Å². The Morgan fingerprint density at radius 1 is 1.28 bits per heavy atom. The van der Waals surface area contributed by atoms with Crippen molar-refractivity contribution >= 4 is 33.4 Å². The van der Waals surface area contributed by atoms with E-state index in [9.17, 15) is 4.79 Å². The normalized spacial score (nSPS) is 10.3. The van der Waals surface area contributed by atoms with Crippen molar-refractivity contribution in [2.24, 2.45) is 0 Å². The molecule has 0 fully saturated rings. The predicted octanol–water partition coefficient (Wildman–Crippen LogP) is 2.75. The molecule has 0 atom stereocenters. The van der Waals surface area contributed by atoms with Gasteiger partial charge in [-0.05, 0) is 24.1 Å². The van der Waals surface area contributed by atoms with Gasteiger partial charge in [-0.25, -0.2) is 0 Å². The number of amides is 1. The summed E-state index contributed by atoms with van der Waals surface area (Å²) in [6, 6.07) is 7.74. The Morgan fingerprint density at radius 2 is 2.00 bits per heavy atom. The van der Waals surface area contributed by atoms with Gasteiger partial charge in [0.1, 0.15) is 0 Å². The molecule has 0 spiro atoms. The summed E-state index contributed by atoms with van der Waals surface area (Å²) < 4.78 is 6.22. The highest BCUT2D eigenvalue weighted by molar-refractivity contribution is 9.10. The highest BCUT2D eigenvalue weighted by atomic mass is 79.9. The van der Waals surface area contributed by atoms with Gasteiger partial charge in [0, 0.05) is 23.5 Å². The first kappa shape index (κ1) is 15.5. The number of hydrogen-bond acceptors (Lipinski definition) is 2. The van der Waals surface area contributed by atoms with Crippen molar-refractivity contribution in [2.45, 2.75) is 12.8 Å². The van der Waals surface area contributed by atoms with Crippen LogP contribution in [0.4, 0.5) is 0 Å². The van der Waals surface area contributed by atoms with E-state index in [1.54, 1.807) is 0 Å². The largest absolute Gasteiger partial charge is 0.380 e. The molecule has 0 aliphatic rings. The van der Waals surface area contributed by atoms with Crippen LogP contribution in [0.3, 0.4) is 0 Å². The number of carbonyl (C=O) groups is 1. The lowest BCUT2D eigenvalue weighted by atomic mass is 10.1. The van der Waals surface area contributed by atoms with Crippen molar-refractivity contribution in [3.63, 3.8) is 0 Å². The molecule has 3 nitrogen and oxygen atoms in total. The Kier molecular flexibility index (Phi) is 8.05. The van der Waals surface area contributed by atoms with E-state index in [0.29, 0.717) is 32.1 Å². The lowest BCUT2D eigenvalue weighted by molar-refractivity contribution is -0.120. The zero-order chi connectivity index (χ0) is 13.2. The smallest absolute Gasteiger partial charge is 0.224 e. The van der Waals surface area contributed by atoms with Gasteiger partial charge < -0.3 is 10.1 Å². The molecule has 100 valence electrons. The molecule has 0 bridgehead atoms. The van der Waals surface area contributed by atoms with Gasteiger partial charge in [0.2, 0.25) is 5.91 Å². The van der Waals surface area contributed by atoms with Crippen LogP contribution in [0.1, 0.15) is 12.0 Å². The summed E-state index contributed by atoms with van der Waals surface area (Å²) in [6.45, 7) is 1.83. The number of halogens is 2. The quantitative estimate of drug-likeness (QED) is 0.586. The fourth-order valence-electron chi connectivity index (χ4n) is 1.41. The van der Waals surface area contributed by atoms with Crippen LogP contribution in [-0.2, 0) is 16.0 Å². The first-order valence-corrected chi connectivity index (χ1v) is 7.20. The number of ether oxygens (including phenoxy) is 1. The lowest BCUT2D eigenvalue weighted by Gasteiger charge is -2.05. The summed E-state index contributed by atoms with van der Waals surface area (Å²) in [5, 5.41) is 2.86. The molecule has 1 aromatic carbocycles. The number of benzene rings is 1. The van der Waals surface area contributed by atoms with Crippen LogP contribution >= 0.6 is 27.5 Å². The molecular weight excluding hydrogens is 318 g/mol. The van der Waals surface area contributed by atoms with Crippen molar-refractivity contribution in [3.8, 4) is 0 Å². The number of nitrogens with one attached hydrogen (secondary N) is 1. The maximum Gasteiger partial charge on any atom is 0.224 e. The third-order valence-electron chi connectivity index (χ3n) is 2.29. The van der Waals surface area contributed by atoms with E-state index in [-0.39, 0.29) is 5.91 Å². The van der Waals surface area contributed by atoms with Gasteiger partial charge in [0.05, 0.1) is 13.0 Å². The minimum absolute atomic E-state index is 0.0367. The minimum Gasteiger partial charge on any atom is -0.380 e. The molecule has 18 heavy (non-hydrogen) atoms. The summed E-state index contributed by atoms with van der Waals surface area (Å²) in [7, 11) is 0. The number of rotatable bonds is 8. The fourth-order valence-corrected chi connectivity index (χ4v) is 1.78. The van der Waals surface area contributed by atoms with Gasteiger partial charge in [-0.3, -0.25) is 4.79 Å². The standard InChI is InChI=1S/C13H17BrClNO2/c14-12-4-2-11(3-5-12)10-13(17)16-7-1-8-18-9-6-15/h2-5H,1,6-10H2,(H,16,17). The zero-order valence-electron chi connectivity index (χ0n) is 10.1. The van der Waals surface area contributed by atoms with E-state index < -0.39 is 0 Å². The molecule has 0 saturated heterocycles. The van der Waals surface area contributed by atoms with E-state index in [1.807, 2.05) is 24.3 Å². The van der Waals surface area contributed by atoms with Crippen molar-refractivity contribution in [1.29, 1.82) is 0 Å². The van der Waals surface area contributed by atoms with Crippen molar-refractivity contribution < 1.29 is 9.53 Å². The molecule has 0 aromatic heterocycles. The van der Waals surface area contributed by atoms with Crippen LogP contribution in [-0.4, -0.2) is 31.5 Å². The summed E-state index contributed by atoms with van der Waals surface area (Å²) in [5.74, 6) is 0.547. The average Bonchev–Trinajstić information content (AvgIpc) is 2.36. The number of hydrogen-bond donors (Lipinski definition) is 1. The van der Waals surface area contributed by atoms with Crippen LogP contribution in [0.5, 0.6) is 0 Å². The average molecular weight is 335 g/mol. The monoisotopic (exact) mass is 333 g/mol. The summed E-state index contributed by atoms with van der Waals surface area (Å²) in [6.07, 6.45) is 1.22. The third-order valence-corrected chi connectivity index (χ3v) is 2.97.